The Labute approximate surface area is 184 Å². The van der Waals surface area contributed by atoms with E-state index >= 15 is 0 Å². The van der Waals surface area contributed by atoms with E-state index in [1.807, 2.05) is 36.4 Å². The third-order valence-electron chi connectivity index (χ3n) is 5.01. The Morgan fingerprint density at radius 2 is 1.81 bits per heavy atom. The van der Waals surface area contributed by atoms with Crippen molar-refractivity contribution in [3.8, 4) is 0 Å². The van der Waals surface area contributed by atoms with E-state index in [0.29, 0.717) is 4.21 Å². The van der Waals surface area contributed by atoms with Gasteiger partial charge in [0.25, 0.3) is 10.0 Å². The molecule has 11 heteroatoms. The highest BCUT2D eigenvalue weighted by Crippen LogP contribution is 2.34. The first kappa shape index (κ1) is 22.3. The van der Waals surface area contributed by atoms with Crippen LogP contribution in [0.25, 0.3) is 21.0 Å². The first-order chi connectivity index (χ1) is 15.1. The fourth-order valence-electron chi connectivity index (χ4n) is 3.58. The molecule has 0 spiro atoms. The molecule has 2 aromatic heterocycles. The minimum absolute atomic E-state index is 0.387. The average molecular weight is 483 g/mol. The molecular weight excluding hydrogens is 465 g/mol. The fraction of sp³-hybridized carbons (Fsp3) is 0.190. The number of benzene rings is 2. The van der Waals surface area contributed by atoms with Crippen LogP contribution >= 0.6 is 11.3 Å². The van der Waals surface area contributed by atoms with E-state index in [1.165, 1.54) is 15.3 Å². The van der Waals surface area contributed by atoms with Crippen molar-refractivity contribution in [3.63, 3.8) is 0 Å². The van der Waals surface area contributed by atoms with Gasteiger partial charge in [-0.2, -0.15) is 21.6 Å². The summed E-state index contributed by atoms with van der Waals surface area (Å²) < 4.78 is 61.2. The quantitative estimate of drug-likeness (QED) is 0.443. The number of carboxylic acid groups (broad SMARTS) is 1. The molecule has 0 atom stereocenters. The summed E-state index contributed by atoms with van der Waals surface area (Å²) in [6.07, 6.45) is -2.44. The highest BCUT2D eigenvalue weighted by molar-refractivity contribution is 7.92. The molecule has 4 aromatic rings. The van der Waals surface area contributed by atoms with Crippen molar-refractivity contribution in [2.45, 2.75) is 23.4 Å². The van der Waals surface area contributed by atoms with Gasteiger partial charge in [0.1, 0.15) is 4.21 Å². The second kappa shape index (κ2) is 8.23. The highest BCUT2D eigenvalue weighted by atomic mass is 32.2. The largest absolute Gasteiger partial charge is 0.490 e. The first-order valence-electron chi connectivity index (χ1n) is 9.46. The van der Waals surface area contributed by atoms with E-state index in [4.69, 9.17) is 9.90 Å². The lowest BCUT2D eigenvalue weighted by Crippen LogP contribution is -2.21. The molecule has 3 heterocycles. The first-order valence-corrected chi connectivity index (χ1v) is 11.7. The van der Waals surface area contributed by atoms with Crippen LogP contribution < -0.4 is 5.32 Å². The molecule has 32 heavy (non-hydrogen) atoms. The molecule has 6 nitrogen and oxygen atoms in total. The number of fused-ring (bicyclic) bond motifs is 1. The Kier molecular flexibility index (Phi) is 5.74. The minimum atomic E-state index is -5.08. The fourth-order valence-corrected chi connectivity index (χ4v) is 6.45. The van der Waals surface area contributed by atoms with Gasteiger partial charge in [0.15, 0.2) is 0 Å². The molecule has 1 aliphatic rings. The second-order valence-electron chi connectivity index (χ2n) is 7.10. The van der Waals surface area contributed by atoms with Crippen LogP contribution in [0.3, 0.4) is 0 Å². The topological polar surface area (TPSA) is 88.4 Å². The Bertz CT molecular complexity index is 1390. The van der Waals surface area contributed by atoms with Crippen LogP contribution in [0.5, 0.6) is 0 Å². The van der Waals surface area contributed by atoms with Crippen LogP contribution in [-0.4, -0.2) is 36.2 Å². The summed E-state index contributed by atoms with van der Waals surface area (Å²) in [7, 11) is -3.60. The molecule has 0 amide bonds. The normalized spacial score (nSPS) is 14.1. The monoisotopic (exact) mass is 482 g/mol. The van der Waals surface area contributed by atoms with Crippen molar-refractivity contribution in [1.82, 2.24) is 9.29 Å². The van der Waals surface area contributed by atoms with Crippen LogP contribution in [0.15, 0.2) is 58.9 Å². The molecule has 0 aliphatic carbocycles. The number of carbonyl (C=O) groups is 1. The number of nitrogens with zero attached hydrogens (tertiary/aromatic N) is 1. The van der Waals surface area contributed by atoms with E-state index < -0.39 is 22.2 Å². The predicted molar refractivity (Wildman–Crippen MR) is 115 cm³/mol. The zero-order chi connectivity index (χ0) is 23.1. The summed E-state index contributed by atoms with van der Waals surface area (Å²) in [6, 6.07) is 15.5. The van der Waals surface area contributed by atoms with Crippen molar-refractivity contribution in [2.75, 3.05) is 6.54 Å². The lowest BCUT2D eigenvalue weighted by Gasteiger charge is -2.07. The number of thiophene rings is 1. The summed E-state index contributed by atoms with van der Waals surface area (Å²) in [5.41, 5.74) is 3.03. The number of rotatable bonds is 2. The number of aromatic nitrogens is 1. The minimum Gasteiger partial charge on any atom is -0.475 e. The summed E-state index contributed by atoms with van der Waals surface area (Å²) in [6.45, 7) is 1.63. The number of carboxylic acids is 1. The summed E-state index contributed by atoms with van der Waals surface area (Å²) in [5, 5.41) is 12.6. The smallest absolute Gasteiger partial charge is 0.475 e. The molecule has 0 radical (unpaired) electrons. The summed E-state index contributed by atoms with van der Waals surface area (Å²) in [5.74, 6) is -2.76. The molecule has 0 bridgehead atoms. The molecule has 0 fully saturated rings. The number of hydrogen-bond donors (Lipinski definition) is 2. The van der Waals surface area contributed by atoms with Crippen molar-refractivity contribution in [3.05, 3.63) is 65.9 Å². The number of aliphatic carboxylic acids is 1. The number of nitrogens with one attached hydrogen (secondary N) is 1. The van der Waals surface area contributed by atoms with Crippen molar-refractivity contribution in [1.29, 1.82) is 0 Å². The van der Waals surface area contributed by atoms with Gasteiger partial charge in [0.05, 0.1) is 5.52 Å². The van der Waals surface area contributed by atoms with Gasteiger partial charge in [0.2, 0.25) is 0 Å². The van der Waals surface area contributed by atoms with Gasteiger partial charge in [-0.15, -0.1) is 11.3 Å². The molecular formula is C21H17F3N2O4S2. The van der Waals surface area contributed by atoms with Crippen molar-refractivity contribution < 1.29 is 31.5 Å². The molecule has 1 aliphatic heterocycles. The number of alkyl halides is 3. The van der Waals surface area contributed by atoms with E-state index in [9.17, 15) is 21.6 Å². The standard InChI is InChI=1S/C19H16N2O2S2.C2HF3O2/c22-25(23,18-10-13-4-1-2-7-17(13)24-18)21-12-15-8-9-20-11-14-5-3-6-16(21)19(14)15;3-2(4,5)1(6)7/h1-7,10,12,20H,8-9,11H2;(H,6,7). The Morgan fingerprint density at radius 3 is 2.50 bits per heavy atom. The van der Waals surface area contributed by atoms with E-state index in [1.54, 1.807) is 12.3 Å². The second-order valence-corrected chi connectivity index (χ2v) is 10.2. The van der Waals surface area contributed by atoms with Crippen LogP contribution in [0.4, 0.5) is 13.2 Å². The van der Waals surface area contributed by atoms with Crippen LogP contribution in [0.2, 0.25) is 0 Å². The van der Waals surface area contributed by atoms with Gasteiger partial charge >= 0.3 is 12.1 Å². The lowest BCUT2D eigenvalue weighted by molar-refractivity contribution is -0.192. The van der Waals surface area contributed by atoms with Gasteiger partial charge in [-0.3, -0.25) is 0 Å². The van der Waals surface area contributed by atoms with Crippen molar-refractivity contribution in [2.24, 2.45) is 0 Å². The van der Waals surface area contributed by atoms with E-state index in [-0.39, 0.29) is 0 Å². The Balaban J connectivity index is 0.000000307. The molecule has 0 saturated carbocycles. The predicted octanol–water partition coefficient (Wildman–Crippen LogP) is 4.37. The molecule has 2 aromatic carbocycles. The zero-order valence-electron chi connectivity index (χ0n) is 16.4. The lowest BCUT2D eigenvalue weighted by atomic mass is 10.1. The Morgan fingerprint density at radius 1 is 1.09 bits per heavy atom. The van der Waals surface area contributed by atoms with Crippen LogP contribution in [0, 0.1) is 0 Å². The molecule has 0 unspecified atom stereocenters. The third-order valence-corrected chi connectivity index (χ3v) is 8.24. The molecule has 2 N–H and O–H groups in total. The summed E-state index contributed by atoms with van der Waals surface area (Å²) >= 11 is 1.33. The maximum absolute atomic E-state index is 13.3. The average Bonchev–Trinajstić information content (AvgIpc) is 3.28. The van der Waals surface area contributed by atoms with Gasteiger partial charge < -0.3 is 10.4 Å². The van der Waals surface area contributed by atoms with Gasteiger partial charge in [-0.1, -0.05) is 30.3 Å². The molecule has 5 rings (SSSR count). The summed E-state index contributed by atoms with van der Waals surface area (Å²) in [4.78, 5) is 8.90. The molecule has 0 saturated heterocycles. The van der Waals surface area contributed by atoms with Crippen molar-refractivity contribution >= 4 is 48.3 Å². The maximum atomic E-state index is 13.3. The third kappa shape index (κ3) is 4.10. The van der Waals surface area contributed by atoms with E-state index in [0.717, 1.165) is 51.6 Å². The highest BCUT2D eigenvalue weighted by Gasteiger charge is 2.38. The van der Waals surface area contributed by atoms with Gasteiger partial charge in [-0.05, 0) is 47.7 Å². The van der Waals surface area contributed by atoms with Gasteiger partial charge in [-0.25, -0.2) is 8.77 Å². The zero-order valence-corrected chi connectivity index (χ0v) is 18.0. The molecule has 168 valence electrons. The maximum Gasteiger partial charge on any atom is 0.490 e. The Hall–Kier alpha value is -2.89. The number of hydrogen-bond acceptors (Lipinski definition) is 5. The van der Waals surface area contributed by atoms with Crippen LogP contribution in [-0.2, 0) is 27.8 Å². The SMILES string of the molecule is O=C(O)C(F)(F)F.O=S(=O)(c1cc2ccccc2s1)n1cc2c3c(cccc31)CNCC2. The van der Waals surface area contributed by atoms with Gasteiger partial charge in [0, 0.05) is 22.8 Å². The number of halogens is 3. The van der Waals surface area contributed by atoms with E-state index in [2.05, 4.69) is 11.4 Å². The van der Waals surface area contributed by atoms with Crippen LogP contribution in [0.1, 0.15) is 11.1 Å².